The van der Waals surface area contributed by atoms with Crippen LogP contribution < -0.4 is 0 Å². The number of amides is 2. The van der Waals surface area contributed by atoms with E-state index in [9.17, 15) is 19.5 Å². The van der Waals surface area contributed by atoms with Crippen LogP contribution >= 0.6 is 15.9 Å². The molecule has 3 unspecified atom stereocenters. The Morgan fingerprint density at radius 3 is 2.62 bits per heavy atom. The van der Waals surface area contributed by atoms with Crippen LogP contribution in [0.2, 0.25) is 0 Å². The molecule has 10 nitrogen and oxygen atoms in total. The van der Waals surface area contributed by atoms with Crippen LogP contribution in [0.15, 0.2) is 25.3 Å². The van der Waals surface area contributed by atoms with E-state index < -0.39 is 41.6 Å². The molecule has 0 aliphatic carbocycles. The number of ether oxygens (including phenoxy) is 3. The van der Waals surface area contributed by atoms with Crippen LogP contribution in [-0.2, 0) is 28.6 Å². The van der Waals surface area contributed by atoms with E-state index in [1.165, 1.54) is 11.0 Å². The van der Waals surface area contributed by atoms with Crippen molar-refractivity contribution < 1.29 is 33.7 Å². The minimum atomic E-state index is -1.20. The lowest BCUT2D eigenvalue weighted by molar-refractivity contribution is -0.156. The van der Waals surface area contributed by atoms with Crippen molar-refractivity contribution in [1.82, 2.24) is 14.7 Å². The van der Waals surface area contributed by atoms with E-state index >= 15 is 0 Å². The number of alkyl halides is 1. The molecule has 0 aromatic rings. The molecule has 4 heterocycles. The SMILES string of the molecule is C=CCOC(=O)[C@H]1[C@@H]2OC3(CC2Br)C(C(=O)N(CC=C)CCN2CCOCC2)N([C@@H](CO)CC(C)C)C(=O)[C@H]13. The molecule has 2 bridgehead atoms. The standard InChI is InChI=1S/C28H42BrN3O7/c1-5-7-31(9-8-30-10-13-37-14-11-30)26(35)24-28-16-20(29)23(39-28)21(27(36)38-12-6-2)22(28)25(34)32(24)19(17-33)15-18(3)4/h5-6,18-24,33H,1-2,7-17H2,3-4H3/t19-,20?,21-,22+,23-,24?,28?/m1/s1. The maximum atomic E-state index is 14.5. The molecular formula is C28H42BrN3O7. The highest BCUT2D eigenvalue weighted by Gasteiger charge is 2.77. The number of likely N-dealkylation sites (tertiary alicyclic amines) is 1. The number of esters is 1. The number of hydrogen-bond donors (Lipinski definition) is 1. The fourth-order valence-electron chi connectivity index (χ4n) is 6.77. The van der Waals surface area contributed by atoms with Gasteiger partial charge in [0.15, 0.2) is 0 Å². The zero-order valence-electron chi connectivity index (χ0n) is 23.0. The molecule has 0 aromatic heterocycles. The van der Waals surface area contributed by atoms with Crippen molar-refractivity contribution in [2.45, 2.75) is 55.3 Å². The molecule has 0 radical (unpaired) electrons. The highest BCUT2D eigenvalue weighted by molar-refractivity contribution is 9.09. The van der Waals surface area contributed by atoms with Crippen molar-refractivity contribution in [2.75, 3.05) is 59.2 Å². The second-order valence-electron chi connectivity index (χ2n) is 11.3. The van der Waals surface area contributed by atoms with Gasteiger partial charge in [-0.05, 0) is 18.8 Å². The number of carbonyl (C=O) groups excluding carboxylic acids is 3. The van der Waals surface area contributed by atoms with E-state index in [-0.39, 0.29) is 35.8 Å². The monoisotopic (exact) mass is 611 g/mol. The second kappa shape index (κ2) is 12.8. The van der Waals surface area contributed by atoms with Crippen molar-refractivity contribution in [2.24, 2.45) is 17.8 Å². The molecule has 7 atom stereocenters. The molecular weight excluding hydrogens is 570 g/mol. The fraction of sp³-hybridized carbons (Fsp3) is 0.750. The average Bonchev–Trinajstić information content (AvgIpc) is 3.51. The highest BCUT2D eigenvalue weighted by Crippen LogP contribution is 2.60. The third kappa shape index (κ3) is 5.70. The fourth-order valence-corrected chi connectivity index (χ4v) is 7.72. The van der Waals surface area contributed by atoms with Crippen LogP contribution in [0.4, 0.5) is 0 Å². The summed E-state index contributed by atoms with van der Waals surface area (Å²) in [5, 5.41) is 10.4. The molecule has 1 spiro atoms. The van der Waals surface area contributed by atoms with Crippen LogP contribution in [0.5, 0.6) is 0 Å². The Morgan fingerprint density at radius 2 is 2.00 bits per heavy atom. The Hall–Kier alpha value is -1.79. The minimum Gasteiger partial charge on any atom is -0.461 e. The van der Waals surface area contributed by atoms with Gasteiger partial charge in [-0.15, -0.1) is 6.58 Å². The van der Waals surface area contributed by atoms with E-state index in [2.05, 4.69) is 34.0 Å². The maximum Gasteiger partial charge on any atom is 0.312 e. The first kappa shape index (κ1) is 30.2. The van der Waals surface area contributed by atoms with Crippen LogP contribution in [0.25, 0.3) is 0 Å². The first-order valence-corrected chi connectivity index (χ1v) is 14.8. The summed E-state index contributed by atoms with van der Waals surface area (Å²) >= 11 is 3.67. The third-order valence-electron chi connectivity index (χ3n) is 8.38. The van der Waals surface area contributed by atoms with Gasteiger partial charge in [0.05, 0.1) is 43.8 Å². The number of halogens is 1. The van der Waals surface area contributed by atoms with E-state index in [4.69, 9.17) is 14.2 Å². The lowest BCUT2D eigenvalue weighted by Gasteiger charge is -2.40. The molecule has 11 heteroatoms. The van der Waals surface area contributed by atoms with E-state index in [1.807, 2.05) is 13.8 Å². The molecule has 4 aliphatic heterocycles. The van der Waals surface area contributed by atoms with Crippen molar-refractivity contribution >= 4 is 33.7 Å². The number of nitrogens with zero attached hydrogens (tertiary/aromatic N) is 3. The first-order chi connectivity index (χ1) is 18.7. The summed E-state index contributed by atoms with van der Waals surface area (Å²) in [5.74, 6) is -2.66. The number of carbonyl (C=O) groups is 3. The molecule has 218 valence electrons. The van der Waals surface area contributed by atoms with Crippen molar-refractivity contribution in [3.8, 4) is 0 Å². The van der Waals surface area contributed by atoms with Gasteiger partial charge in [-0.2, -0.15) is 0 Å². The molecule has 2 amide bonds. The highest BCUT2D eigenvalue weighted by atomic mass is 79.9. The lowest BCUT2D eigenvalue weighted by atomic mass is 9.70. The molecule has 1 N–H and O–H groups in total. The summed E-state index contributed by atoms with van der Waals surface area (Å²) < 4.78 is 17.4. The van der Waals surface area contributed by atoms with Gasteiger partial charge in [0.25, 0.3) is 0 Å². The van der Waals surface area contributed by atoms with Crippen LogP contribution in [0.1, 0.15) is 26.7 Å². The number of aliphatic hydroxyl groups excluding tert-OH is 1. The summed E-state index contributed by atoms with van der Waals surface area (Å²) in [4.78, 5) is 47.2. The smallest absolute Gasteiger partial charge is 0.312 e. The lowest BCUT2D eigenvalue weighted by Crippen LogP contribution is -2.59. The molecule has 4 aliphatic rings. The number of fused-ring (bicyclic) bond motifs is 1. The van der Waals surface area contributed by atoms with E-state index in [0.29, 0.717) is 45.7 Å². The summed E-state index contributed by atoms with van der Waals surface area (Å²) in [6, 6.07) is -1.56. The third-order valence-corrected chi connectivity index (χ3v) is 9.22. The van der Waals surface area contributed by atoms with Gasteiger partial charge in [0, 0.05) is 37.6 Å². The quantitative estimate of drug-likeness (QED) is 0.188. The zero-order chi connectivity index (χ0) is 28.3. The number of rotatable bonds is 13. The van der Waals surface area contributed by atoms with E-state index in [1.54, 1.807) is 11.0 Å². The Kier molecular flexibility index (Phi) is 9.91. The van der Waals surface area contributed by atoms with Gasteiger partial charge >= 0.3 is 5.97 Å². The van der Waals surface area contributed by atoms with Gasteiger partial charge in [0.1, 0.15) is 18.2 Å². The van der Waals surface area contributed by atoms with Crippen molar-refractivity contribution in [3.05, 3.63) is 25.3 Å². The van der Waals surface area contributed by atoms with Crippen LogP contribution in [0, 0.1) is 17.8 Å². The predicted octanol–water partition coefficient (Wildman–Crippen LogP) is 1.22. The topological polar surface area (TPSA) is 109 Å². The normalized spacial score (nSPS) is 32.8. The number of aliphatic hydroxyl groups is 1. The Balaban J connectivity index is 1.70. The van der Waals surface area contributed by atoms with Gasteiger partial charge in [-0.3, -0.25) is 19.3 Å². The van der Waals surface area contributed by atoms with Gasteiger partial charge in [-0.25, -0.2) is 0 Å². The van der Waals surface area contributed by atoms with Crippen molar-refractivity contribution in [1.29, 1.82) is 0 Å². The maximum absolute atomic E-state index is 14.5. The van der Waals surface area contributed by atoms with Gasteiger partial charge in [-0.1, -0.05) is 48.5 Å². The van der Waals surface area contributed by atoms with E-state index in [0.717, 1.165) is 13.1 Å². The molecule has 4 fully saturated rings. The van der Waals surface area contributed by atoms with Crippen LogP contribution in [-0.4, -0.2) is 125 Å². The molecule has 0 aromatic carbocycles. The van der Waals surface area contributed by atoms with Gasteiger partial charge < -0.3 is 29.1 Å². The Labute approximate surface area is 239 Å². The zero-order valence-corrected chi connectivity index (χ0v) is 24.6. The average molecular weight is 613 g/mol. The summed E-state index contributed by atoms with van der Waals surface area (Å²) in [6.45, 7) is 15.5. The largest absolute Gasteiger partial charge is 0.461 e. The van der Waals surface area contributed by atoms with Crippen molar-refractivity contribution in [3.63, 3.8) is 0 Å². The Morgan fingerprint density at radius 1 is 1.28 bits per heavy atom. The predicted molar refractivity (Wildman–Crippen MR) is 148 cm³/mol. The second-order valence-corrected chi connectivity index (χ2v) is 12.5. The Bertz CT molecular complexity index is 942. The minimum absolute atomic E-state index is 0.0241. The summed E-state index contributed by atoms with van der Waals surface area (Å²) in [5.41, 5.74) is -1.20. The molecule has 0 saturated carbocycles. The number of morpholine rings is 1. The van der Waals surface area contributed by atoms with Crippen LogP contribution in [0.3, 0.4) is 0 Å². The molecule has 4 rings (SSSR count). The summed E-state index contributed by atoms with van der Waals surface area (Å²) in [7, 11) is 0. The number of hydrogen-bond acceptors (Lipinski definition) is 8. The van der Waals surface area contributed by atoms with Gasteiger partial charge in [0.2, 0.25) is 11.8 Å². The summed E-state index contributed by atoms with van der Waals surface area (Å²) in [6.07, 6.45) is 3.48. The first-order valence-electron chi connectivity index (χ1n) is 13.9. The molecule has 4 saturated heterocycles. The molecule has 39 heavy (non-hydrogen) atoms.